The Labute approximate surface area is 85.8 Å². The average Bonchev–Trinajstić information content (AvgIpc) is 2.42. The van der Waals surface area contributed by atoms with Crippen LogP contribution in [0.5, 0.6) is 0 Å². The summed E-state index contributed by atoms with van der Waals surface area (Å²) in [5.41, 5.74) is 1.70. The zero-order valence-electron chi connectivity index (χ0n) is 8.74. The molecule has 3 aliphatic carbocycles. The zero-order chi connectivity index (χ0) is 9.71. The van der Waals surface area contributed by atoms with E-state index in [-0.39, 0.29) is 5.92 Å². The molecule has 14 heavy (non-hydrogen) atoms. The summed E-state index contributed by atoms with van der Waals surface area (Å²) in [6.07, 6.45) is 7.75. The van der Waals surface area contributed by atoms with Gasteiger partial charge in [-0.2, -0.15) is 5.26 Å². The monoisotopic (exact) mass is 187 g/mol. The van der Waals surface area contributed by atoms with Crippen molar-refractivity contribution in [3.63, 3.8) is 0 Å². The van der Waals surface area contributed by atoms with Crippen molar-refractivity contribution in [2.45, 2.75) is 32.6 Å². The van der Waals surface area contributed by atoms with Gasteiger partial charge in [0.25, 0.3) is 0 Å². The van der Waals surface area contributed by atoms with Gasteiger partial charge in [0, 0.05) is 0 Å². The Kier molecular flexibility index (Phi) is 1.74. The molecule has 0 heterocycles. The maximum atomic E-state index is 9.13. The summed E-state index contributed by atoms with van der Waals surface area (Å²) in [4.78, 5) is 0. The fraction of sp³-hybridized carbons (Fsp3) is 0.769. The molecule has 0 aliphatic heterocycles. The first-order chi connectivity index (χ1) is 6.79. The number of hydrogen-bond donors (Lipinski definition) is 0. The van der Waals surface area contributed by atoms with Gasteiger partial charge in [-0.25, -0.2) is 0 Å². The molecule has 74 valence electrons. The summed E-state index contributed by atoms with van der Waals surface area (Å²) in [5.74, 6) is 3.54. The molecule has 2 saturated carbocycles. The van der Waals surface area contributed by atoms with E-state index in [1.54, 1.807) is 5.57 Å². The molecule has 0 amide bonds. The molecule has 1 nitrogen and oxygen atoms in total. The topological polar surface area (TPSA) is 23.8 Å². The van der Waals surface area contributed by atoms with E-state index >= 15 is 0 Å². The maximum Gasteiger partial charge on any atom is 0.0661 e. The van der Waals surface area contributed by atoms with Crippen LogP contribution >= 0.6 is 0 Å². The van der Waals surface area contributed by atoms with Crippen LogP contribution < -0.4 is 0 Å². The van der Waals surface area contributed by atoms with Crippen LogP contribution in [0.15, 0.2) is 11.6 Å². The third-order valence-electron chi connectivity index (χ3n) is 4.68. The van der Waals surface area contributed by atoms with Crippen molar-refractivity contribution in [2.75, 3.05) is 0 Å². The Balaban J connectivity index is 1.92. The maximum absolute atomic E-state index is 9.13. The van der Waals surface area contributed by atoms with Gasteiger partial charge in [0.1, 0.15) is 0 Å². The molecule has 0 N–H and O–H groups in total. The Morgan fingerprint density at radius 1 is 1.36 bits per heavy atom. The minimum absolute atomic E-state index is 0.289. The zero-order valence-corrected chi connectivity index (χ0v) is 8.74. The highest BCUT2D eigenvalue weighted by Crippen LogP contribution is 2.57. The van der Waals surface area contributed by atoms with E-state index in [0.717, 1.165) is 17.8 Å². The molecule has 3 rings (SSSR count). The number of allylic oxidation sites excluding steroid dienone is 2. The smallest absolute Gasteiger partial charge is 0.0661 e. The molecular formula is C13H17N. The van der Waals surface area contributed by atoms with E-state index in [4.69, 9.17) is 5.26 Å². The van der Waals surface area contributed by atoms with Gasteiger partial charge in [0.05, 0.1) is 12.0 Å². The van der Waals surface area contributed by atoms with Crippen molar-refractivity contribution in [3.8, 4) is 6.07 Å². The van der Waals surface area contributed by atoms with Crippen LogP contribution in [0.2, 0.25) is 0 Å². The number of nitriles is 1. The van der Waals surface area contributed by atoms with E-state index in [2.05, 4.69) is 19.1 Å². The van der Waals surface area contributed by atoms with Crippen LogP contribution in [0, 0.1) is 40.9 Å². The second-order valence-corrected chi connectivity index (χ2v) is 5.40. The fourth-order valence-electron chi connectivity index (χ4n) is 3.89. The van der Waals surface area contributed by atoms with Gasteiger partial charge in [-0.3, -0.25) is 0 Å². The van der Waals surface area contributed by atoms with Crippen LogP contribution in [-0.2, 0) is 0 Å². The molecule has 0 saturated heterocycles. The van der Waals surface area contributed by atoms with Crippen LogP contribution in [-0.4, -0.2) is 0 Å². The molecule has 2 fully saturated rings. The molecule has 1 heteroatoms. The minimum Gasteiger partial charge on any atom is -0.198 e. The summed E-state index contributed by atoms with van der Waals surface area (Å²) in [6, 6.07) is 2.50. The van der Waals surface area contributed by atoms with Crippen LogP contribution in [0.1, 0.15) is 32.6 Å². The Hall–Kier alpha value is -0.770. The van der Waals surface area contributed by atoms with Crippen molar-refractivity contribution < 1.29 is 0 Å². The van der Waals surface area contributed by atoms with Gasteiger partial charge in [-0.1, -0.05) is 18.6 Å². The molecule has 0 aromatic heterocycles. The largest absolute Gasteiger partial charge is 0.198 e. The summed E-state index contributed by atoms with van der Waals surface area (Å²) >= 11 is 0. The van der Waals surface area contributed by atoms with Crippen molar-refractivity contribution in [1.82, 2.24) is 0 Å². The van der Waals surface area contributed by atoms with Crippen molar-refractivity contribution in [2.24, 2.45) is 29.6 Å². The quantitative estimate of drug-likeness (QED) is 0.534. The predicted molar refractivity (Wildman–Crippen MR) is 55.3 cm³/mol. The van der Waals surface area contributed by atoms with E-state index in [9.17, 15) is 0 Å². The first-order valence-electron chi connectivity index (χ1n) is 5.90. The van der Waals surface area contributed by atoms with Gasteiger partial charge in [-0.15, -0.1) is 0 Å². The highest BCUT2D eigenvalue weighted by atomic mass is 14.5. The van der Waals surface area contributed by atoms with E-state index < -0.39 is 0 Å². The molecule has 0 aromatic rings. The number of rotatable bonds is 0. The molecule has 4 unspecified atom stereocenters. The molecule has 5 atom stereocenters. The summed E-state index contributed by atoms with van der Waals surface area (Å²) in [6.45, 7) is 2.22. The standard InChI is InChI=1S/C13H17N/c1-8-4-11-5-9-2-3-10(13(9)11)6-12(8)7-14/h4,8-10,12-13H,2-3,5-6H2,1H3/t8-,9?,10?,12?,13?/m1/s1. The summed E-state index contributed by atoms with van der Waals surface area (Å²) in [7, 11) is 0. The lowest BCUT2D eigenvalue weighted by molar-refractivity contribution is 0.254. The molecule has 0 radical (unpaired) electrons. The first kappa shape index (κ1) is 8.53. The van der Waals surface area contributed by atoms with E-state index in [1.807, 2.05) is 0 Å². The molecule has 0 bridgehead atoms. The molecule has 0 aromatic carbocycles. The minimum atomic E-state index is 0.289. The van der Waals surface area contributed by atoms with Crippen LogP contribution in [0.25, 0.3) is 0 Å². The number of hydrogen-bond acceptors (Lipinski definition) is 1. The fourth-order valence-corrected chi connectivity index (χ4v) is 3.89. The normalized spacial score (nSPS) is 49.7. The molecular weight excluding hydrogens is 170 g/mol. The third-order valence-corrected chi connectivity index (χ3v) is 4.68. The van der Waals surface area contributed by atoms with E-state index in [1.165, 1.54) is 25.7 Å². The predicted octanol–water partition coefficient (Wildman–Crippen LogP) is 3.14. The van der Waals surface area contributed by atoms with Gasteiger partial charge < -0.3 is 0 Å². The third kappa shape index (κ3) is 1.00. The second-order valence-electron chi connectivity index (χ2n) is 5.40. The summed E-state index contributed by atoms with van der Waals surface area (Å²) in [5, 5.41) is 9.13. The molecule has 3 aliphatic rings. The Bertz CT molecular complexity index is 323. The van der Waals surface area contributed by atoms with Crippen molar-refractivity contribution in [1.29, 1.82) is 5.26 Å². The van der Waals surface area contributed by atoms with Gasteiger partial charge in [0.2, 0.25) is 0 Å². The Morgan fingerprint density at radius 3 is 2.93 bits per heavy atom. The lowest BCUT2D eigenvalue weighted by atomic mass is 9.68. The summed E-state index contributed by atoms with van der Waals surface area (Å²) < 4.78 is 0. The van der Waals surface area contributed by atoms with Crippen molar-refractivity contribution in [3.05, 3.63) is 11.6 Å². The van der Waals surface area contributed by atoms with Crippen molar-refractivity contribution >= 4 is 0 Å². The first-order valence-corrected chi connectivity index (χ1v) is 5.90. The van der Waals surface area contributed by atoms with Gasteiger partial charge >= 0.3 is 0 Å². The van der Waals surface area contributed by atoms with Gasteiger partial charge in [-0.05, 0) is 49.4 Å². The highest BCUT2D eigenvalue weighted by Gasteiger charge is 2.48. The second kappa shape index (κ2) is 2.86. The van der Waals surface area contributed by atoms with Crippen LogP contribution in [0.4, 0.5) is 0 Å². The van der Waals surface area contributed by atoms with Gasteiger partial charge in [0.15, 0.2) is 0 Å². The van der Waals surface area contributed by atoms with Crippen LogP contribution in [0.3, 0.4) is 0 Å². The lowest BCUT2D eigenvalue weighted by Crippen LogP contribution is -2.27. The van der Waals surface area contributed by atoms with E-state index in [0.29, 0.717) is 5.92 Å². The average molecular weight is 187 g/mol. The SMILES string of the molecule is C[C@@H]1C=C2CC3CCC(CC1C#N)C23. The molecule has 0 spiro atoms. The lowest BCUT2D eigenvalue weighted by Gasteiger charge is -2.37. The number of nitrogens with zero attached hydrogens (tertiary/aromatic N) is 1. The highest BCUT2D eigenvalue weighted by molar-refractivity contribution is 5.26. The Morgan fingerprint density at radius 2 is 2.14 bits per heavy atom.